The molecule has 4 N–H and O–H groups in total. The van der Waals surface area contributed by atoms with Gasteiger partial charge in [-0.3, -0.25) is 10.2 Å². The van der Waals surface area contributed by atoms with Gasteiger partial charge in [0.15, 0.2) is 5.65 Å². The average molecular weight is 519 g/mol. The minimum atomic E-state index is -0.875. The number of urea groups is 1. The third-order valence-corrected chi connectivity index (χ3v) is 7.25. The van der Waals surface area contributed by atoms with Crippen LogP contribution in [0.1, 0.15) is 46.0 Å². The molecule has 38 heavy (non-hydrogen) atoms. The van der Waals surface area contributed by atoms with Crippen molar-refractivity contribution >= 4 is 46.3 Å². The lowest BCUT2D eigenvalue weighted by Gasteiger charge is -2.43. The third-order valence-electron chi connectivity index (χ3n) is 7.25. The Morgan fingerprint density at radius 3 is 2.34 bits per heavy atom. The lowest BCUT2D eigenvalue weighted by atomic mass is 9.96. The molecule has 11 nitrogen and oxygen atoms in total. The topological polar surface area (TPSA) is 136 Å². The number of carboxylic acid groups (broad SMARTS) is 1. The van der Waals surface area contributed by atoms with E-state index in [4.69, 9.17) is 0 Å². The molecule has 3 amide bonds. The molecule has 1 aliphatic carbocycles. The summed E-state index contributed by atoms with van der Waals surface area (Å²) >= 11 is 0. The normalized spacial score (nSPS) is 20.3. The number of benzene rings is 1. The van der Waals surface area contributed by atoms with Crippen LogP contribution in [0.3, 0.4) is 0 Å². The second kappa shape index (κ2) is 11.1. The molecular formula is C27H34N8O3. The highest BCUT2D eigenvalue weighted by Crippen LogP contribution is 2.25. The molecule has 200 valence electrons. The summed E-state index contributed by atoms with van der Waals surface area (Å²) in [5, 5.41) is 19.3. The van der Waals surface area contributed by atoms with Gasteiger partial charge < -0.3 is 20.6 Å². The van der Waals surface area contributed by atoms with Crippen LogP contribution in [0.4, 0.5) is 32.7 Å². The van der Waals surface area contributed by atoms with Gasteiger partial charge in [0.05, 0.1) is 12.1 Å². The number of rotatable bonds is 5. The van der Waals surface area contributed by atoms with Crippen molar-refractivity contribution < 1.29 is 14.7 Å². The van der Waals surface area contributed by atoms with Crippen LogP contribution in [0.15, 0.2) is 42.6 Å². The predicted molar refractivity (Wildman–Crippen MR) is 147 cm³/mol. The summed E-state index contributed by atoms with van der Waals surface area (Å²) in [7, 11) is 0. The molecule has 2 fully saturated rings. The lowest BCUT2D eigenvalue weighted by molar-refractivity contribution is 0.0982. The third kappa shape index (κ3) is 5.87. The Hall–Kier alpha value is -4.15. The quantitative estimate of drug-likeness (QED) is 0.378. The molecule has 5 rings (SSSR count). The van der Waals surface area contributed by atoms with E-state index in [2.05, 4.69) is 35.8 Å². The first kappa shape index (κ1) is 25.5. The van der Waals surface area contributed by atoms with Crippen molar-refractivity contribution in [2.24, 2.45) is 0 Å². The molecular weight excluding hydrogens is 484 g/mol. The minimum Gasteiger partial charge on any atom is -0.465 e. The van der Waals surface area contributed by atoms with Gasteiger partial charge in [0.2, 0.25) is 5.95 Å². The molecule has 1 saturated carbocycles. The number of pyridine rings is 1. The van der Waals surface area contributed by atoms with Gasteiger partial charge in [-0.2, -0.15) is 4.98 Å². The molecule has 1 aliphatic heterocycles. The second-order valence-electron chi connectivity index (χ2n) is 10.2. The first-order valence-electron chi connectivity index (χ1n) is 13.2. The van der Waals surface area contributed by atoms with Crippen molar-refractivity contribution in [2.45, 2.75) is 64.1 Å². The van der Waals surface area contributed by atoms with E-state index in [1.54, 1.807) is 12.3 Å². The van der Waals surface area contributed by atoms with Crippen LogP contribution in [0.5, 0.6) is 0 Å². The Morgan fingerprint density at radius 2 is 1.66 bits per heavy atom. The summed E-state index contributed by atoms with van der Waals surface area (Å²) in [5.41, 5.74) is 2.33. The highest BCUT2D eigenvalue weighted by Gasteiger charge is 2.32. The number of nitrogens with zero attached hydrogens (tertiary/aromatic N) is 5. The van der Waals surface area contributed by atoms with Crippen LogP contribution in [0, 0.1) is 0 Å². The largest absolute Gasteiger partial charge is 0.465 e. The average Bonchev–Trinajstić information content (AvgIpc) is 2.89. The SMILES string of the molecule is C[C@@H]1CN(c2ccc(Nc3ncc4ccc(NC(=O)NC5CCCCC5)nc4n3)cc2)C[C@H](C)N1C(=O)O. The van der Waals surface area contributed by atoms with Gasteiger partial charge in [-0.25, -0.2) is 19.6 Å². The summed E-state index contributed by atoms with van der Waals surface area (Å²) < 4.78 is 0. The number of amides is 3. The Balaban J connectivity index is 1.22. The van der Waals surface area contributed by atoms with E-state index < -0.39 is 6.09 Å². The van der Waals surface area contributed by atoms with Crippen molar-refractivity contribution in [3.05, 3.63) is 42.6 Å². The smallest absolute Gasteiger partial charge is 0.407 e. The van der Waals surface area contributed by atoms with E-state index in [0.717, 1.165) is 42.4 Å². The van der Waals surface area contributed by atoms with Gasteiger partial charge in [0.25, 0.3) is 0 Å². The van der Waals surface area contributed by atoms with Gasteiger partial charge in [0, 0.05) is 42.1 Å². The van der Waals surface area contributed by atoms with E-state index in [-0.39, 0.29) is 24.2 Å². The Bertz CT molecular complexity index is 1280. The lowest BCUT2D eigenvalue weighted by Crippen LogP contribution is -2.58. The zero-order valence-electron chi connectivity index (χ0n) is 21.7. The monoisotopic (exact) mass is 518 g/mol. The van der Waals surface area contributed by atoms with Crippen LogP contribution in [0.2, 0.25) is 0 Å². The van der Waals surface area contributed by atoms with Crippen LogP contribution < -0.4 is 20.9 Å². The Kier molecular flexibility index (Phi) is 7.43. The van der Waals surface area contributed by atoms with Crippen LogP contribution >= 0.6 is 0 Å². The molecule has 0 radical (unpaired) electrons. The molecule has 3 aromatic rings. The maximum absolute atomic E-state index is 12.4. The number of piperazine rings is 1. The molecule has 0 unspecified atom stereocenters. The summed E-state index contributed by atoms with van der Waals surface area (Å²) in [6.07, 6.45) is 6.38. The molecule has 3 heterocycles. The number of hydrogen-bond acceptors (Lipinski definition) is 7. The molecule has 2 aliphatic rings. The van der Waals surface area contributed by atoms with Crippen LogP contribution in [-0.4, -0.2) is 68.3 Å². The van der Waals surface area contributed by atoms with Gasteiger partial charge in [-0.15, -0.1) is 0 Å². The molecule has 1 aromatic carbocycles. The number of aromatic nitrogens is 3. The van der Waals surface area contributed by atoms with Crippen molar-refractivity contribution in [1.82, 2.24) is 25.2 Å². The Morgan fingerprint density at radius 1 is 0.947 bits per heavy atom. The molecule has 11 heteroatoms. The number of carbonyl (C=O) groups is 2. The summed E-state index contributed by atoms with van der Waals surface area (Å²) in [6, 6.07) is 11.3. The van der Waals surface area contributed by atoms with E-state index in [1.165, 1.54) is 11.3 Å². The predicted octanol–water partition coefficient (Wildman–Crippen LogP) is 4.80. The Labute approximate surface area is 221 Å². The summed E-state index contributed by atoms with van der Waals surface area (Å²) in [5.74, 6) is 0.838. The molecule has 0 bridgehead atoms. The summed E-state index contributed by atoms with van der Waals surface area (Å²) in [4.78, 5) is 41.1. The summed E-state index contributed by atoms with van der Waals surface area (Å²) in [6.45, 7) is 5.14. The highest BCUT2D eigenvalue weighted by molar-refractivity contribution is 5.90. The zero-order valence-corrected chi connectivity index (χ0v) is 21.7. The highest BCUT2D eigenvalue weighted by atomic mass is 16.4. The van der Waals surface area contributed by atoms with Gasteiger partial charge in [0.1, 0.15) is 5.82 Å². The van der Waals surface area contributed by atoms with E-state index in [9.17, 15) is 14.7 Å². The van der Waals surface area contributed by atoms with Crippen molar-refractivity contribution in [3.8, 4) is 0 Å². The number of fused-ring (bicyclic) bond motifs is 1. The number of anilines is 4. The van der Waals surface area contributed by atoms with Crippen molar-refractivity contribution in [2.75, 3.05) is 28.6 Å². The number of hydrogen-bond donors (Lipinski definition) is 4. The van der Waals surface area contributed by atoms with Gasteiger partial charge in [-0.1, -0.05) is 19.3 Å². The van der Waals surface area contributed by atoms with E-state index in [0.29, 0.717) is 30.5 Å². The molecule has 1 saturated heterocycles. The van der Waals surface area contributed by atoms with Crippen LogP contribution in [0.25, 0.3) is 11.0 Å². The fourth-order valence-electron chi connectivity index (χ4n) is 5.42. The maximum atomic E-state index is 12.4. The first-order chi connectivity index (χ1) is 18.4. The van der Waals surface area contributed by atoms with Crippen molar-refractivity contribution in [3.63, 3.8) is 0 Å². The molecule has 2 aromatic heterocycles. The van der Waals surface area contributed by atoms with Crippen LogP contribution in [-0.2, 0) is 0 Å². The maximum Gasteiger partial charge on any atom is 0.407 e. The van der Waals surface area contributed by atoms with Gasteiger partial charge in [-0.05, 0) is 63.1 Å². The minimum absolute atomic E-state index is 0.0923. The number of nitrogens with one attached hydrogen (secondary N) is 3. The fraction of sp³-hybridized carbons (Fsp3) is 0.444. The van der Waals surface area contributed by atoms with Crippen molar-refractivity contribution in [1.29, 1.82) is 0 Å². The second-order valence-corrected chi connectivity index (χ2v) is 10.2. The molecule has 0 spiro atoms. The fourth-order valence-corrected chi connectivity index (χ4v) is 5.42. The van der Waals surface area contributed by atoms with E-state index >= 15 is 0 Å². The number of carbonyl (C=O) groups excluding carboxylic acids is 1. The van der Waals surface area contributed by atoms with E-state index in [1.807, 2.05) is 44.2 Å². The molecule has 2 atom stereocenters. The van der Waals surface area contributed by atoms with Gasteiger partial charge >= 0.3 is 12.1 Å². The standard InChI is InChI=1S/C27H34N8O3/c1-17-15-34(16-18(2)35(17)27(37)38)22-11-9-21(10-12-22)29-25-28-14-19-8-13-23(31-24(19)33-25)32-26(36)30-20-6-4-3-5-7-20/h8-14,17-18,20H,3-7,15-16H2,1-2H3,(H,37,38)(H3,28,29,30,31,32,33,36)/t17-,18+. The first-order valence-corrected chi connectivity index (χ1v) is 13.2. The zero-order chi connectivity index (χ0) is 26.6.